The van der Waals surface area contributed by atoms with Gasteiger partial charge in [0.25, 0.3) is 0 Å². The minimum Gasteiger partial charge on any atom is -0.461 e. The maximum absolute atomic E-state index is 11.9. The molecule has 0 bridgehead atoms. The average Bonchev–Trinajstić information content (AvgIpc) is 2.74. The number of nitrogens with one attached hydrogen (secondary N) is 1. The molecular formula is C15H14ClN3O2. The summed E-state index contributed by atoms with van der Waals surface area (Å²) in [6, 6.07) is 3.71. The third kappa shape index (κ3) is 2.76. The van der Waals surface area contributed by atoms with Crippen molar-refractivity contribution in [3.63, 3.8) is 0 Å². The van der Waals surface area contributed by atoms with Crippen molar-refractivity contribution in [3.8, 4) is 17.2 Å². The van der Waals surface area contributed by atoms with Gasteiger partial charge < -0.3 is 9.72 Å². The first-order chi connectivity index (χ1) is 9.99. The second-order valence-electron chi connectivity index (χ2n) is 4.51. The van der Waals surface area contributed by atoms with Crippen LogP contribution in [0.1, 0.15) is 34.2 Å². The maximum Gasteiger partial charge on any atom is 0.355 e. The number of halogens is 1. The topological polar surface area (TPSA) is 78.8 Å². The molecule has 0 spiro atoms. The van der Waals surface area contributed by atoms with E-state index in [0.717, 1.165) is 16.8 Å². The van der Waals surface area contributed by atoms with Crippen LogP contribution in [-0.4, -0.2) is 22.5 Å². The van der Waals surface area contributed by atoms with Crippen LogP contribution in [0.4, 0.5) is 0 Å². The lowest BCUT2D eigenvalue weighted by molar-refractivity contribution is 0.0519. The SMILES string of the molecule is CCOC(=O)c1[nH]c(C)c(-c2cc(Cl)ncc2C#N)c1C. The molecule has 0 fully saturated rings. The largest absolute Gasteiger partial charge is 0.461 e. The van der Waals surface area contributed by atoms with E-state index >= 15 is 0 Å². The highest BCUT2D eigenvalue weighted by Crippen LogP contribution is 2.33. The number of carbonyl (C=O) groups excluding carboxylic acids is 1. The summed E-state index contributed by atoms with van der Waals surface area (Å²) in [5.41, 5.74) is 3.72. The van der Waals surface area contributed by atoms with Crippen molar-refractivity contribution in [1.82, 2.24) is 9.97 Å². The van der Waals surface area contributed by atoms with Crippen LogP contribution in [0.25, 0.3) is 11.1 Å². The van der Waals surface area contributed by atoms with Gasteiger partial charge in [0.05, 0.1) is 12.2 Å². The van der Waals surface area contributed by atoms with Gasteiger partial charge in [0, 0.05) is 23.0 Å². The van der Waals surface area contributed by atoms with E-state index in [0.29, 0.717) is 28.6 Å². The molecule has 2 heterocycles. The predicted molar refractivity (Wildman–Crippen MR) is 79.2 cm³/mol. The average molecular weight is 304 g/mol. The lowest BCUT2D eigenvalue weighted by Crippen LogP contribution is -2.06. The zero-order chi connectivity index (χ0) is 15.6. The van der Waals surface area contributed by atoms with Gasteiger partial charge in [-0.3, -0.25) is 0 Å². The highest BCUT2D eigenvalue weighted by Gasteiger charge is 2.21. The van der Waals surface area contributed by atoms with E-state index in [1.165, 1.54) is 6.20 Å². The molecule has 0 saturated heterocycles. The number of esters is 1. The first-order valence-electron chi connectivity index (χ1n) is 6.41. The number of rotatable bonds is 3. The van der Waals surface area contributed by atoms with Gasteiger partial charge in [-0.15, -0.1) is 0 Å². The summed E-state index contributed by atoms with van der Waals surface area (Å²) in [6.45, 7) is 5.69. The van der Waals surface area contributed by atoms with Gasteiger partial charge in [-0.25, -0.2) is 9.78 Å². The van der Waals surface area contributed by atoms with Crippen LogP contribution in [0.15, 0.2) is 12.3 Å². The second kappa shape index (κ2) is 5.98. The number of pyridine rings is 1. The molecule has 0 radical (unpaired) electrons. The minimum absolute atomic E-state index is 0.293. The first kappa shape index (κ1) is 15.1. The molecule has 0 unspecified atom stereocenters. The van der Waals surface area contributed by atoms with Crippen molar-refractivity contribution in [3.05, 3.63) is 39.9 Å². The van der Waals surface area contributed by atoms with Crippen molar-refractivity contribution >= 4 is 17.6 Å². The van der Waals surface area contributed by atoms with Crippen LogP contribution in [0, 0.1) is 25.2 Å². The number of aromatic nitrogens is 2. The lowest BCUT2D eigenvalue weighted by Gasteiger charge is -2.06. The van der Waals surface area contributed by atoms with Gasteiger partial charge in [-0.1, -0.05) is 11.6 Å². The molecule has 2 aromatic heterocycles. The summed E-state index contributed by atoms with van der Waals surface area (Å²) >= 11 is 5.93. The van der Waals surface area contributed by atoms with Crippen molar-refractivity contribution in [2.45, 2.75) is 20.8 Å². The Morgan fingerprint density at radius 2 is 2.24 bits per heavy atom. The fraction of sp³-hybridized carbons (Fsp3) is 0.267. The fourth-order valence-electron chi connectivity index (χ4n) is 2.29. The van der Waals surface area contributed by atoms with Gasteiger partial charge in [0.1, 0.15) is 16.9 Å². The molecule has 0 aromatic carbocycles. The zero-order valence-corrected chi connectivity index (χ0v) is 12.7. The minimum atomic E-state index is -0.414. The van der Waals surface area contributed by atoms with E-state index in [1.807, 2.05) is 6.92 Å². The second-order valence-corrected chi connectivity index (χ2v) is 4.90. The highest BCUT2D eigenvalue weighted by atomic mass is 35.5. The summed E-state index contributed by atoms with van der Waals surface area (Å²) < 4.78 is 5.02. The Bertz CT molecular complexity index is 744. The number of nitriles is 1. The van der Waals surface area contributed by atoms with E-state index in [1.54, 1.807) is 19.9 Å². The highest BCUT2D eigenvalue weighted by molar-refractivity contribution is 6.29. The molecule has 108 valence electrons. The number of nitrogens with zero attached hydrogens (tertiary/aromatic N) is 2. The molecule has 1 N–H and O–H groups in total. The van der Waals surface area contributed by atoms with E-state index in [2.05, 4.69) is 16.0 Å². The Labute approximate surface area is 127 Å². The van der Waals surface area contributed by atoms with E-state index in [4.69, 9.17) is 16.3 Å². The normalized spacial score (nSPS) is 10.2. The molecular weight excluding hydrogens is 290 g/mol. The standard InChI is InChI=1S/C15H14ClN3O2/c1-4-21-15(20)14-8(2)13(9(3)19-14)11-5-12(16)18-7-10(11)6-17/h5,7,19H,4H2,1-3H3. The summed E-state index contributed by atoms with van der Waals surface area (Å²) in [4.78, 5) is 18.9. The number of H-pyrrole nitrogens is 1. The smallest absolute Gasteiger partial charge is 0.355 e. The Morgan fingerprint density at radius 1 is 1.52 bits per heavy atom. The van der Waals surface area contributed by atoms with E-state index in [-0.39, 0.29) is 0 Å². The van der Waals surface area contributed by atoms with Crippen molar-refractivity contribution in [2.75, 3.05) is 6.61 Å². The summed E-state index contributed by atoms with van der Waals surface area (Å²) in [7, 11) is 0. The molecule has 2 rings (SSSR count). The van der Waals surface area contributed by atoms with Crippen LogP contribution in [-0.2, 0) is 4.74 Å². The van der Waals surface area contributed by atoms with E-state index < -0.39 is 5.97 Å². The van der Waals surface area contributed by atoms with Crippen LogP contribution >= 0.6 is 11.6 Å². The fourth-order valence-corrected chi connectivity index (χ4v) is 2.45. The molecule has 0 aliphatic carbocycles. The zero-order valence-electron chi connectivity index (χ0n) is 12.0. The molecule has 0 atom stereocenters. The number of aromatic amines is 1. The molecule has 5 nitrogen and oxygen atoms in total. The van der Waals surface area contributed by atoms with Crippen LogP contribution in [0.2, 0.25) is 5.15 Å². The predicted octanol–water partition coefficient (Wildman–Crippen LogP) is 3.40. The number of ether oxygens (including phenoxy) is 1. The third-order valence-electron chi connectivity index (χ3n) is 3.18. The maximum atomic E-state index is 11.9. The Balaban J connectivity index is 2.64. The Kier molecular flexibility index (Phi) is 4.29. The summed E-state index contributed by atoms with van der Waals surface area (Å²) in [6.07, 6.45) is 1.42. The van der Waals surface area contributed by atoms with Gasteiger partial charge >= 0.3 is 5.97 Å². The van der Waals surface area contributed by atoms with Gasteiger partial charge in [-0.05, 0) is 32.4 Å². The number of carbonyl (C=O) groups is 1. The van der Waals surface area contributed by atoms with Gasteiger partial charge in [0.2, 0.25) is 0 Å². The molecule has 0 saturated carbocycles. The molecule has 0 aliphatic rings. The Morgan fingerprint density at radius 3 is 2.86 bits per heavy atom. The lowest BCUT2D eigenvalue weighted by atomic mass is 9.98. The molecule has 2 aromatic rings. The summed E-state index contributed by atoms with van der Waals surface area (Å²) in [5.74, 6) is -0.414. The first-order valence-corrected chi connectivity index (χ1v) is 6.79. The molecule has 21 heavy (non-hydrogen) atoms. The van der Waals surface area contributed by atoms with E-state index in [9.17, 15) is 10.1 Å². The van der Waals surface area contributed by atoms with Crippen LogP contribution in [0.5, 0.6) is 0 Å². The molecule has 6 heteroatoms. The molecule has 0 amide bonds. The monoisotopic (exact) mass is 303 g/mol. The third-order valence-corrected chi connectivity index (χ3v) is 3.38. The van der Waals surface area contributed by atoms with Crippen molar-refractivity contribution < 1.29 is 9.53 Å². The summed E-state index contributed by atoms with van der Waals surface area (Å²) in [5, 5.41) is 9.51. The number of hydrogen-bond acceptors (Lipinski definition) is 4. The van der Waals surface area contributed by atoms with Crippen molar-refractivity contribution in [1.29, 1.82) is 5.26 Å². The number of aryl methyl sites for hydroxylation is 1. The van der Waals surface area contributed by atoms with Gasteiger partial charge in [-0.2, -0.15) is 5.26 Å². The van der Waals surface area contributed by atoms with Gasteiger partial charge in [0.15, 0.2) is 0 Å². The van der Waals surface area contributed by atoms with Crippen LogP contribution < -0.4 is 0 Å². The van der Waals surface area contributed by atoms with Crippen LogP contribution in [0.3, 0.4) is 0 Å². The quantitative estimate of drug-likeness (QED) is 0.696. The number of hydrogen-bond donors (Lipinski definition) is 1. The molecule has 0 aliphatic heterocycles. The van der Waals surface area contributed by atoms with Crippen molar-refractivity contribution in [2.24, 2.45) is 0 Å². The Hall–Kier alpha value is -2.32.